The smallest absolute Gasteiger partial charge is 0.0841 e. The molecule has 0 saturated carbocycles. The second kappa shape index (κ2) is 6.10. The molecule has 1 aromatic carbocycles. The van der Waals surface area contributed by atoms with Gasteiger partial charge in [0.2, 0.25) is 0 Å². The van der Waals surface area contributed by atoms with Gasteiger partial charge in [0.25, 0.3) is 0 Å². The second-order valence-corrected chi connectivity index (χ2v) is 5.32. The minimum absolute atomic E-state index is 0.752. The molecule has 110 valence electrons. The fourth-order valence-corrected chi connectivity index (χ4v) is 2.56. The molecule has 0 fully saturated rings. The molecule has 3 rings (SSSR count). The van der Waals surface area contributed by atoms with Crippen molar-refractivity contribution < 1.29 is 0 Å². The Hall–Kier alpha value is -2.14. The quantitative estimate of drug-likeness (QED) is 0.706. The second-order valence-electron chi connectivity index (χ2n) is 5.32. The minimum Gasteiger partial charge on any atom is -0.311 e. The van der Waals surface area contributed by atoms with E-state index < -0.39 is 0 Å². The van der Waals surface area contributed by atoms with E-state index in [1.807, 2.05) is 24.1 Å². The highest BCUT2D eigenvalue weighted by Crippen LogP contribution is 2.19. The summed E-state index contributed by atoms with van der Waals surface area (Å²) < 4.78 is 3.89. The van der Waals surface area contributed by atoms with Crippen molar-refractivity contribution in [1.82, 2.24) is 24.9 Å². The van der Waals surface area contributed by atoms with Gasteiger partial charge in [-0.15, -0.1) is 0 Å². The number of benzene rings is 1. The van der Waals surface area contributed by atoms with Crippen LogP contribution in [0.3, 0.4) is 0 Å². The summed E-state index contributed by atoms with van der Waals surface area (Å²) in [5.74, 6) is 0. The molecule has 0 radical (unpaired) electrons. The third-order valence-corrected chi connectivity index (χ3v) is 3.54. The highest BCUT2D eigenvalue weighted by Gasteiger charge is 2.10. The van der Waals surface area contributed by atoms with E-state index in [1.54, 1.807) is 0 Å². The third kappa shape index (κ3) is 2.97. The Labute approximate surface area is 124 Å². The van der Waals surface area contributed by atoms with Crippen LogP contribution in [0.1, 0.15) is 24.6 Å². The minimum atomic E-state index is 0.752. The Morgan fingerprint density at radius 3 is 2.86 bits per heavy atom. The monoisotopic (exact) mass is 283 g/mol. The first kappa shape index (κ1) is 13.8. The van der Waals surface area contributed by atoms with Crippen LogP contribution in [0.5, 0.6) is 0 Å². The van der Waals surface area contributed by atoms with Crippen LogP contribution in [0.15, 0.2) is 36.7 Å². The number of hydrogen-bond acceptors (Lipinski definition) is 3. The maximum absolute atomic E-state index is 4.78. The first-order chi connectivity index (χ1) is 10.3. The van der Waals surface area contributed by atoms with E-state index in [2.05, 4.69) is 46.3 Å². The standard InChI is InChI=1S/C16H21N5/c1-3-8-17-10-15-14-6-4-5-7-16(14)21(19-15)12-13-9-18-20(2)11-13/h4-7,9,11,17H,3,8,10,12H2,1-2H3. The molecule has 0 bridgehead atoms. The van der Waals surface area contributed by atoms with Crippen LogP contribution >= 0.6 is 0 Å². The van der Waals surface area contributed by atoms with Crippen molar-refractivity contribution in [2.24, 2.45) is 7.05 Å². The summed E-state index contributed by atoms with van der Waals surface area (Å²) in [4.78, 5) is 0. The highest BCUT2D eigenvalue weighted by atomic mass is 15.3. The number of nitrogens with one attached hydrogen (secondary N) is 1. The van der Waals surface area contributed by atoms with Crippen LogP contribution < -0.4 is 5.32 Å². The molecular weight excluding hydrogens is 262 g/mol. The molecule has 5 nitrogen and oxygen atoms in total. The molecule has 0 aliphatic heterocycles. The molecule has 0 atom stereocenters. The van der Waals surface area contributed by atoms with Gasteiger partial charge in [0.1, 0.15) is 0 Å². The van der Waals surface area contributed by atoms with Crippen LogP contribution in [0, 0.1) is 0 Å². The van der Waals surface area contributed by atoms with E-state index in [4.69, 9.17) is 5.10 Å². The largest absolute Gasteiger partial charge is 0.311 e. The predicted molar refractivity (Wildman–Crippen MR) is 84.0 cm³/mol. The summed E-state index contributed by atoms with van der Waals surface area (Å²) in [5.41, 5.74) is 3.46. The Balaban J connectivity index is 1.90. The lowest BCUT2D eigenvalue weighted by Gasteiger charge is -2.00. The van der Waals surface area contributed by atoms with E-state index in [1.165, 1.54) is 16.5 Å². The normalized spacial score (nSPS) is 11.3. The lowest BCUT2D eigenvalue weighted by molar-refractivity contribution is 0.636. The van der Waals surface area contributed by atoms with Crippen molar-refractivity contribution in [3.63, 3.8) is 0 Å². The van der Waals surface area contributed by atoms with Gasteiger partial charge < -0.3 is 5.32 Å². The molecular formula is C16H21N5. The summed E-state index contributed by atoms with van der Waals surface area (Å²) in [6.07, 6.45) is 5.06. The summed E-state index contributed by atoms with van der Waals surface area (Å²) in [6.45, 7) is 4.76. The van der Waals surface area contributed by atoms with Crippen molar-refractivity contribution in [1.29, 1.82) is 0 Å². The maximum Gasteiger partial charge on any atom is 0.0841 e. The zero-order valence-corrected chi connectivity index (χ0v) is 12.6. The van der Waals surface area contributed by atoms with Gasteiger partial charge in [0.15, 0.2) is 0 Å². The van der Waals surface area contributed by atoms with E-state index in [0.717, 1.165) is 31.7 Å². The van der Waals surface area contributed by atoms with Gasteiger partial charge in [-0.05, 0) is 19.0 Å². The number of aromatic nitrogens is 4. The Bertz CT molecular complexity index is 725. The van der Waals surface area contributed by atoms with Gasteiger partial charge in [-0.3, -0.25) is 9.36 Å². The number of nitrogens with zero attached hydrogens (tertiary/aromatic N) is 4. The average Bonchev–Trinajstić information content (AvgIpc) is 3.05. The Kier molecular flexibility index (Phi) is 4.01. The number of aryl methyl sites for hydroxylation is 1. The molecule has 21 heavy (non-hydrogen) atoms. The van der Waals surface area contributed by atoms with Gasteiger partial charge in [-0.25, -0.2) is 0 Å². The zero-order chi connectivity index (χ0) is 14.7. The first-order valence-electron chi connectivity index (χ1n) is 7.40. The number of para-hydroxylation sites is 1. The van der Waals surface area contributed by atoms with Crippen LogP contribution in [0.25, 0.3) is 10.9 Å². The van der Waals surface area contributed by atoms with Crippen molar-refractivity contribution >= 4 is 10.9 Å². The van der Waals surface area contributed by atoms with Crippen LogP contribution in [-0.4, -0.2) is 26.1 Å². The molecule has 0 aliphatic carbocycles. The van der Waals surface area contributed by atoms with Crippen molar-refractivity contribution in [2.75, 3.05) is 6.54 Å². The van der Waals surface area contributed by atoms with Gasteiger partial charge in [0, 0.05) is 30.7 Å². The van der Waals surface area contributed by atoms with Gasteiger partial charge in [-0.2, -0.15) is 10.2 Å². The molecule has 3 aromatic rings. The van der Waals surface area contributed by atoms with Crippen molar-refractivity contribution in [2.45, 2.75) is 26.4 Å². The molecule has 0 spiro atoms. The summed E-state index contributed by atoms with van der Waals surface area (Å²) in [7, 11) is 1.94. The molecule has 0 saturated heterocycles. The molecule has 0 aliphatic rings. The molecule has 5 heteroatoms. The molecule has 2 heterocycles. The molecule has 0 unspecified atom stereocenters. The number of hydrogen-bond donors (Lipinski definition) is 1. The van der Waals surface area contributed by atoms with E-state index in [-0.39, 0.29) is 0 Å². The van der Waals surface area contributed by atoms with E-state index >= 15 is 0 Å². The first-order valence-corrected chi connectivity index (χ1v) is 7.40. The fraction of sp³-hybridized carbons (Fsp3) is 0.375. The fourth-order valence-electron chi connectivity index (χ4n) is 2.56. The molecule has 2 aromatic heterocycles. The zero-order valence-electron chi connectivity index (χ0n) is 12.6. The summed E-state index contributed by atoms with van der Waals surface area (Å²) >= 11 is 0. The lowest BCUT2D eigenvalue weighted by Crippen LogP contribution is -2.14. The molecule has 1 N–H and O–H groups in total. The Morgan fingerprint density at radius 2 is 2.10 bits per heavy atom. The lowest BCUT2D eigenvalue weighted by atomic mass is 10.2. The van der Waals surface area contributed by atoms with Crippen LogP contribution in [0.2, 0.25) is 0 Å². The van der Waals surface area contributed by atoms with Gasteiger partial charge >= 0.3 is 0 Å². The number of fused-ring (bicyclic) bond motifs is 1. The predicted octanol–water partition coefficient (Wildman–Crippen LogP) is 2.32. The third-order valence-electron chi connectivity index (χ3n) is 3.54. The van der Waals surface area contributed by atoms with E-state index in [9.17, 15) is 0 Å². The summed E-state index contributed by atoms with van der Waals surface area (Å²) in [5, 5.41) is 13.7. The van der Waals surface area contributed by atoms with Crippen LogP contribution in [0.4, 0.5) is 0 Å². The Morgan fingerprint density at radius 1 is 1.24 bits per heavy atom. The molecule has 0 amide bonds. The average molecular weight is 283 g/mol. The maximum atomic E-state index is 4.78. The van der Waals surface area contributed by atoms with Crippen molar-refractivity contribution in [3.8, 4) is 0 Å². The highest BCUT2D eigenvalue weighted by molar-refractivity contribution is 5.82. The van der Waals surface area contributed by atoms with Gasteiger partial charge in [0.05, 0.1) is 24.0 Å². The SMILES string of the molecule is CCCNCc1nn(Cc2cnn(C)c2)c2ccccc12. The van der Waals surface area contributed by atoms with E-state index in [0.29, 0.717) is 0 Å². The van der Waals surface area contributed by atoms with Gasteiger partial charge in [-0.1, -0.05) is 25.1 Å². The van der Waals surface area contributed by atoms with Crippen LogP contribution in [-0.2, 0) is 20.1 Å². The summed E-state index contributed by atoms with van der Waals surface area (Å²) in [6, 6.07) is 8.40. The topological polar surface area (TPSA) is 47.7 Å². The van der Waals surface area contributed by atoms with Crippen molar-refractivity contribution in [3.05, 3.63) is 47.9 Å². The number of rotatable bonds is 6.